The summed E-state index contributed by atoms with van der Waals surface area (Å²) in [6.07, 6.45) is 7.63. The van der Waals surface area contributed by atoms with E-state index >= 15 is 0 Å². The van der Waals surface area contributed by atoms with Crippen LogP contribution >= 0.6 is 11.6 Å². The van der Waals surface area contributed by atoms with Crippen LogP contribution < -0.4 is 20.9 Å². The number of imidazole rings is 1. The van der Waals surface area contributed by atoms with Crippen LogP contribution in [0.5, 0.6) is 11.5 Å². The third kappa shape index (κ3) is 3.32. The van der Waals surface area contributed by atoms with E-state index in [1.165, 1.54) is 0 Å². The molecule has 0 aliphatic heterocycles. The number of hydrogen-bond acceptors (Lipinski definition) is 5. The molecule has 6 nitrogen and oxygen atoms in total. The molecule has 0 amide bonds. The van der Waals surface area contributed by atoms with Gasteiger partial charge < -0.3 is 25.3 Å². The molecular formula is C21H25ClN4O2. The predicted molar refractivity (Wildman–Crippen MR) is 111 cm³/mol. The number of ether oxygens (including phenoxy) is 2. The number of methoxy groups -OCH3 is 2. The Labute approximate surface area is 169 Å². The molecule has 0 bridgehead atoms. The van der Waals surface area contributed by atoms with Crippen LogP contribution in [0.15, 0.2) is 36.7 Å². The van der Waals surface area contributed by atoms with Gasteiger partial charge in [0.05, 0.1) is 24.9 Å². The van der Waals surface area contributed by atoms with Crippen LogP contribution in [0, 0.1) is 0 Å². The number of pyridine rings is 1. The average Bonchev–Trinajstić information content (AvgIpc) is 3.13. The van der Waals surface area contributed by atoms with Crippen molar-refractivity contribution in [1.29, 1.82) is 0 Å². The second-order valence-corrected chi connectivity index (χ2v) is 7.89. The van der Waals surface area contributed by atoms with E-state index in [1.54, 1.807) is 20.3 Å². The van der Waals surface area contributed by atoms with Crippen LogP contribution in [-0.2, 0) is 5.54 Å². The average molecular weight is 401 g/mol. The van der Waals surface area contributed by atoms with E-state index < -0.39 is 0 Å². The van der Waals surface area contributed by atoms with Crippen molar-refractivity contribution in [3.8, 4) is 22.8 Å². The fourth-order valence-electron chi connectivity index (χ4n) is 3.93. The third-order valence-electron chi connectivity index (χ3n) is 5.71. The summed E-state index contributed by atoms with van der Waals surface area (Å²) in [4.78, 5) is 4.79. The van der Waals surface area contributed by atoms with Gasteiger partial charge in [-0.2, -0.15) is 0 Å². The van der Waals surface area contributed by atoms with Gasteiger partial charge in [-0.25, -0.2) is 4.98 Å². The van der Waals surface area contributed by atoms with E-state index in [9.17, 15) is 0 Å². The summed E-state index contributed by atoms with van der Waals surface area (Å²) in [5.41, 5.74) is 15.9. The van der Waals surface area contributed by atoms with E-state index in [0.717, 1.165) is 48.2 Å². The molecule has 0 atom stereocenters. The summed E-state index contributed by atoms with van der Waals surface area (Å²) >= 11 is 6.32. The van der Waals surface area contributed by atoms with Crippen molar-refractivity contribution in [2.24, 2.45) is 11.5 Å². The van der Waals surface area contributed by atoms with Crippen molar-refractivity contribution in [1.82, 2.24) is 9.38 Å². The number of halogens is 1. The normalized spacial score (nSPS) is 22.4. The number of fused-ring (bicyclic) bond motifs is 1. The van der Waals surface area contributed by atoms with Gasteiger partial charge in [0.15, 0.2) is 0 Å². The lowest BCUT2D eigenvalue weighted by molar-refractivity contribution is 0.277. The van der Waals surface area contributed by atoms with Gasteiger partial charge in [0.1, 0.15) is 17.1 Å². The highest BCUT2D eigenvalue weighted by molar-refractivity contribution is 6.32. The molecule has 1 aliphatic carbocycles. The van der Waals surface area contributed by atoms with Crippen LogP contribution in [0.25, 0.3) is 16.9 Å². The van der Waals surface area contributed by atoms with Gasteiger partial charge in [0.2, 0.25) is 0 Å². The molecule has 2 aromatic heterocycles. The molecule has 28 heavy (non-hydrogen) atoms. The molecule has 4 N–H and O–H groups in total. The quantitative estimate of drug-likeness (QED) is 0.696. The van der Waals surface area contributed by atoms with Gasteiger partial charge in [-0.1, -0.05) is 11.6 Å². The lowest BCUT2D eigenvalue weighted by atomic mass is 9.76. The van der Waals surface area contributed by atoms with Crippen molar-refractivity contribution in [3.05, 3.63) is 47.2 Å². The monoisotopic (exact) mass is 400 g/mol. The maximum absolute atomic E-state index is 6.71. The first-order valence-electron chi connectivity index (χ1n) is 9.39. The van der Waals surface area contributed by atoms with Crippen molar-refractivity contribution in [3.63, 3.8) is 0 Å². The number of nitrogens with zero attached hydrogens (tertiary/aromatic N) is 2. The fourth-order valence-corrected chi connectivity index (χ4v) is 4.17. The highest BCUT2D eigenvalue weighted by Gasteiger charge is 2.32. The Hall–Kier alpha value is -2.28. The topological polar surface area (TPSA) is 87.8 Å². The predicted octanol–water partition coefficient (Wildman–Crippen LogP) is 3.73. The molecule has 1 aromatic carbocycles. The molecule has 4 rings (SSSR count). The number of rotatable bonds is 4. The second kappa shape index (κ2) is 7.28. The standard InChI is InChI=1S/C21H25ClN4O2/c1-27-18-11-19(28-2)16(22)10-15(18)17-12-26-8-5-13(9-20(26)25-17)21(24)6-3-14(23)4-7-21/h5,8-12,14H,3-4,6-7,23-24H2,1-2H3. The van der Waals surface area contributed by atoms with Gasteiger partial charge in [-0.05, 0) is 49.4 Å². The maximum Gasteiger partial charge on any atom is 0.141 e. The first kappa shape index (κ1) is 19.1. The summed E-state index contributed by atoms with van der Waals surface area (Å²) in [6, 6.07) is 7.99. The number of nitrogens with two attached hydrogens (primary N) is 2. The minimum Gasteiger partial charge on any atom is -0.496 e. The summed E-state index contributed by atoms with van der Waals surface area (Å²) in [6.45, 7) is 0. The van der Waals surface area contributed by atoms with Gasteiger partial charge in [0.25, 0.3) is 0 Å². The second-order valence-electron chi connectivity index (χ2n) is 7.49. The maximum atomic E-state index is 6.71. The van der Waals surface area contributed by atoms with Gasteiger partial charge in [0, 0.05) is 35.6 Å². The van der Waals surface area contributed by atoms with Crippen molar-refractivity contribution in [2.75, 3.05) is 14.2 Å². The zero-order chi connectivity index (χ0) is 19.9. The van der Waals surface area contributed by atoms with Crippen LogP contribution in [0.2, 0.25) is 5.02 Å². The first-order chi connectivity index (χ1) is 13.4. The molecule has 3 aromatic rings. The van der Waals surface area contributed by atoms with E-state index in [1.807, 2.05) is 22.9 Å². The molecule has 0 unspecified atom stereocenters. The lowest BCUT2D eigenvalue weighted by Crippen LogP contribution is -2.43. The van der Waals surface area contributed by atoms with Crippen LogP contribution in [0.3, 0.4) is 0 Å². The van der Waals surface area contributed by atoms with E-state index in [2.05, 4.69) is 12.1 Å². The largest absolute Gasteiger partial charge is 0.496 e. The number of aromatic nitrogens is 2. The van der Waals surface area contributed by atoms with Crippen molar-refractivity contribution >= 4 is 17.2 Å². The number of benzene rings is 1. The Bertz CT molecular complexity index is 1010. The highest BCUT2D eigenvalue weighted by atomic mass is 35.5. The van der Waals surface area contributed by atoms with Gasteiger partial charge in [-0.3, -0.25) is 0 Å². The third-order valence-corrected chi connectivity index (χ3v) is 6.00. The van der Waals surface area contributed by atoms with Crippen LogP contribution in [0.4, 0.5) is 0 Å². The lowest BCUT2D eigenvalue weighted by Gasteiger charge is -2.36. The zero-order valence-electron chi connectivity index (χ0n) is 16.1. The highest BCUT2D eigenvalue weighted by Crippen LogP contribution is 2.39. The minimum atomic E-state index is -0.342. The summed E-state index contributed by atoms with van der Waals surface area (Å²) in [5.74, 6) is 1.22. The van der Waals surface area contributed by atoms with E-state index in [0.29, 0.717) is 16.5 Å². The van der Waals surface area contributed by atoms with Crippen molar-refractivity contribution < 1.29 is 9.47 Å². The van der Waals surface area contributed by atoms with Gasteiger partial charge in [-0.15, -0.1) is 0 Å². The Kier molecular flexibility index (Phi) is 4.95. The summed E-state index contributed by atoms with van der Waals surface area (Å²) in [5, 5.41) is 0.510. The molecule has 0 saturated heterocycles. The molecule has 1 fully saturated rings. The molecule has 7 heteroatoms. The Morgan fingerprint density at radius 1 is 1.14 bits per heavy atom. The number of hydrogen-bond donors (Lipinski definition) is 2. The molecule has 0 radical (unpaired) electrons. The SMILES string of the molecule is COc1cc(OC)c(-c2cn3ccc(C4(N)CCC(N)CC4)cc3n2)cc1Cl. The molecular weight excluding hydrogens is 376 g/mol. The molecule has 2 heterocycles. The summed E-state index contributed by atoms with van der Waals surface area (Å²) in [7, 11) is 3.19. The Morgan fingerprint density at radius 2 is 1.86 bits per heavy atom. The minimum absolute atomic E-state index is 0.255. The molecule has 0 spiro atoms. The first-order valence-corrected chi connectivity index (χ1v) is 9.77. The van der Waals surface area contributed by atoms with Crippen LogP contribution in [0.1, 0.15) is 31.2 Å². The summed E-state index contributed by atoms with van der Waals surface area (Å²) < 4.78 is 12.8. The molecule has 1 aliphatic rings. The zero-order valence-corrected chi connectivity index (χ0v) is 16.9. The smallest absolute Gasteiger partial charge is 0.141 e. The van der Waals surface area contributed by atoms with Gasteiger partial charge >= 0.3 is 0 Å². The van der Waals surface area contributed by atoms with Crippen molar-refractivity contribution in [2.45, 2.75) is 37.3 Å². The van der Waals surface area contributed by atoms with E-state index in [-0.39, 0.29) is 11.6 Å². The Morgan fingerprint density at radius 3 is 2.54 bits per heavy atom. The Balaban J connectivity index is 1.74. The van der Waals surface area contributed by atoms with E-state index in [4.69, 9.17) is 37.5 Å². The molecule has 1 saturated carbocycles. The fraction of sp³-hybridized carbons (Fsp3) is 0.381. The molecule has 148 valence electrons. The van der Waals surface area contributed by atoms with Crippen LogP contribution in [-0.4, -0.2) is 29.6 Å².